The fourth-order valence-electron chi connectivity index (χ4n) is 3.80. The van der Waals surface area contributed by atoms with Crippen molar-refractivity contribution in [1.29, 1.82) is 0 Å². The van der Waals surface area contributed by atoms with Crippen molar-refractivity contribution in [2.75, 3.05) is 26.2 Å². The summed E-state index contributed by atoms with van der Waals surface area (Å²) in [6, 6.07) is 10.7. The van der Waals surface area contributed by atoms with Gasteiger partial charge in [-0.15, -0.1) is 0 Å². The Morgan fingerprint density at radius 1 is 0.857 bits per heavy atom. The van der Waals surface area contributed by atoms with E-state index >= 15 is 0 Å². The van der Waals surface area contributed by atoms with E-state index in [1.165, 1.54) is 28.7 Å². The van der Waals surface area contributed by atoms with Crippen LogP contribution in [0.15, 0.2) is 55.1 Å². The molecule has 5 nitrogen and oxygen atoms in total. The van der Waals surface area contributed by atoms with Crippen molar-refractivity contribution in [2.45, 2.75) is 33.4 Å². The Morgan fingerprint density at radius 2 is 1.64 bits per heavy atom. The fraction of sp³-hybridized carbons (Fsp3) is 0.391. The number of nitrogens with zero attached hydrogens (tertiary/aromatic N) is 5. The Kier molecular flexibility index (Phi) is 5.84. The molecule has 28 heavy (non-hydrogen) atoms. The van der Waals surface area contributed by atoms with Gasteiger partial charge in [0.15, 0.2) is 0 Å². The van der Waals surface area contributed by atoms with Gasteiger partial charge >= 0.3 is 0 Å². The van der Waals surface area contributed by atoms with Gasteiger partial charge in [0.2, 0.25) is 0 Å². The van der Waals surface area contributed by atoms with Gasteiger partial charge in [0.25, 0.3) is 0 Å². The number of hydrogen-bond donors (Lipinski definition) is 0. The van der Waals surface area contributed by atoms with Crippen LogP contribution in [0.5, 0.6) is 0 Å². The molecule has 2 aromatic heterocycles. The van der Waals surface area contributed by atoms with Gasteiger partial charge in [-0.1, -0.05) is 12.1 Å². The van der Waals surface area contributed by atoms with E-state index in [0.717, 1.165) is 45.0 Å². The van der Waals surface area contributed by atoms with Gasteiger partial charge < -0.3 is 0 Å². The Labute approximate surface area is 167 Å². The second-order valence-corrected chi connectivity index (χ2v) is 7.83. The van der Waals surface area contributed by atoms with E-state index in [4.69, 9.17) is 0 Å². The van der Waals surface area contributed by atoms with Crippen LogP contribution in [-0.2, 0) is 13.1 Å². The molecule has 4 rings (SSSR count). The van der Waals surface area contributed by atoms with E-state index in [1.807, 2.05) is 29.3 Å². The van der Waals surface area contributed by atoms with Crippen LogP contribution in [-0.4, -0.2) is 50.7 Å². The topological polar surface area (TPSA) is 37.2 Å². The van der Waals surface area contributed by atoms with Gasteiger partial charge in [0.1, 0.15) is 0 Å². The number of hydrogen-bond acceptors (Lipinski definition) is 4. The Bertz CT molecular complexity index is 902. The number of aromatic nitrogens is 3. The lowest BCUT2D eigenvalue weighted by molar-refractivity contribution is 0.247. The van der Waals surface area contributed by atoms with Crippen LogP contribution < -0.4 is 0 Å². The van der Waals surface area contributed by atoms with Crippen LogP contribution in [0.3, 0.4) is 0 Å². The summed E-state index contributed by atoms with van der Waals surface area (Å²) in [5.74, 6) is 0. The zero-order chi connectivity index (χ0) is 19.3. The SMILES string of the molecule is Cc1ccc(-n2cc(CN3CCCN(Cc4cccnc4)CC3)cn2)cc1C. The average Bonchev–Trinajstić information content (AvgIpc) is 3.06. The number of benzene rings is 1. The zero-order valence-corrected chi connectivity index (χ0v) is 16.9. The second-order valence-electron chi connectivity index (χ2n) is 7.83. The molecule has 1 aliphatic heterocycles. The summed E-state index contributed by atoms with van der Waals surface area (Å²) in [7, 11) is 0. The number of aryl methyl sites for hydroxylation is 2. The van der Waals surface area contributed by atoms with Gasteiger partial charge in [-0.25, -0.2) is 4.68 Å². The predicted molar refractivity (Wildman–Crippen MR) is 112 cm³/mol. The largest absolute Gasteiger partial charge is 0.298 e. The van der Waals surface area contributed by atoms with Crippen LogP contribution in [0.2, 0.25) is 0 Å². The molecule has 0 radical (unpaired) electrons. The Hall–Kier alpha value is -2.50. The summed E-state index contributed by atoms with van der Waals surface area (Å²) in [4.78, 5) is 9.32. The van der Waals surface area contributed by atoms with E-state index in [2.05, 4.69) is 64.2 Å². The van der Waals surface area contributed by atoms with Crippen molar-refractivity contribution >= 4 is 0 Å². The smallest absolute Gasteiger partial charge is 0.0648 e. The van der Waals surface area contributed by atoms with E-state index in [1.54, 1.807) is 0 Å². The Morgan fingerprint density at radius 3 is 2.36 bits per heavy atom. The summed E-state index contributed by atoms with van der Waals surface area (Å²) in [6.07, 6.45) is 9.19. The first-order valence-corrected chi connectivity index (χ1v) is 10.1. The third-order valence-corrected chi connectivity index (χ3v) is 5.61. The minimum Gasteiger partial charge on any atom is -0.298 e. The van der Waals surface area contributed by atoms with Crippen LogP contribution in [0.25, 0.3) is 5.69 Å². The molecule has 0 atom stereocenters. The highest BCUT2D eigenvalue weighted by Crippen LogP contribution is 2.16. The van der Waals surface area contributed by atoms with E-state index < -0.39 is 0 Å². The van der Waals surface area contributed by atoms with Crippen molar-refractivity contribution in [2.24, 2.45) is 0 Å². The molecule has 146 valence electrons. The molecule has 1 fully saturated rings. The van der Waals surface area contributed by atoms with Crippen LogP contribution >= 0.6 is 0 Å². The number of pyridine rings is 1. The first-order valence-electron chi connectivity index (χ1n) is 10.1. The molecule has 5 heteroatoms. The molecule has 3 heterocycles. The molecular formula is C23H29N5. The summed E-state index contributed by atoms with van der Waals surface area (Å²) < 4.78 is 1.99. The molecule has 0 amide bonds. The summed E-state index contributed by atoms with van der Waals surface area (Å²) in [6.45, 7) is 10.7. The lowest BCUT2D eigenvalue weighted by Crippen LogP contribution is -2.30. The van der Waals surface area contributed by atoms with Gasteiger partial charge in [-0.3, -0.25) is 14.8 Å². The highest BCUT2D eigenvalue weighted by molar-refractivity contribution is 5.39. The van der Waals surface area contributed by atoms with E-state index in [-0.39, 0.29) is 0 Å². The van der Waals surface area contributed by atoms with Crippen molar-refractivity contribution in [1.82, 2.24) is 24.6 Å². The molecule has 3 aromatic rings. The fourth-order valence-corrected chi connectivity index (χ4v) is 3.80. The van der Waals surface area contributed by atoms with Gasteiger partial charge in [-0.05, 0) is 68.2 Å². The molecule has 0 N–H and O–H groups in total. The molecule has 1 saturated heterocycles. The maximum Gasteiger partial charge on any atom is 0.0648 e. The van der Waals surface area contributed by atoms with Crippen molar-refractivity contribution < 1.29 is 0 Å². The third-order valence-electron chi connectivity index (χ3n) is 5.61. The molecular weight excluding hydrogens is 346 g/mol. The average molecular weight is 376 g/mol. The van der Waals surface area contributed by atoms with Crippen molar-refractivity contribution in [3.8, 4) is 5.69 Å². The maximum absolute atomic E-state index is 4.59. The summed E-state index contributed by atoms with van der Waals surface area (Å²) in [5, 5.41) is 4.59. The van der Waals surface area contributed by atoms with Gasteiger partial charge in [-0.2, -0.15) is 5.10 Å². The molecule has 0 bridgehead atoms. The minimum absolute atomic E-state index is 0.964. The summed E-state index contributed by atoms with van der Waals surface area (Å²) >= 11 is 0. The van der Waals surface area contributed by atoms with Gasteiger partial charge in [0, 0.05) is 50.3 Å². The standard InChI is InChI=1S/C23H29N5/c1-19-6-7-23(13-20(19)2)28-18-22(15-25-28)17-27-10-4-9-26(11-12-27)16-21-5-3-8-24-14-21/h3,5-8,13-15,18H,4,9-12,16-17H2,1-2H3. The van der Waals surface area contributed by atoms with E-state index in [0.29, 0.717) is 0 Å². The predicted octanol–water partition coefficient (Wildman–Crippen LogP) is 3.59. The molecule has 0 unspecified atom stereocenters. The molecule has 1 aliphatic rings. The van der Waals surface area contributed by atoms with Gasteiger partial charge in [0.05, 0.1) is 11.9 Å². The van der Waals surface area contributed by atoms with Crippen LogP contribution in [0, 0.1) is 13.8 Å². The van der Waals surface area contributed by atoms with Crippen LogP contribution in [0.4, 0.5) is 0 Å². The molecule has 0 spiro atoms. The maximum atomic E-state index is 4.59. The molecule has 0 aliphatic carbocycles. The molecule has 0 saturated carbocycles. The zero-order valence-electron chi connectivity index (χ0n) is 16.9. The molecule has 1 aromatic carbocycles. The highest BCUT2D eigenvalue weighted by Gasteiger charge is 2.16. The Balaban J connectivity index is 1.35. The van der Waals surface area contributed by atoms with Crippen molar-refractivity contribution in [3.05, 3.63) is 77.4 Å². The minimum atomic E-state index is 0.964. The van der Waals surface area contributed by atoms with Crippen LogP contribution in [0.1, 0.15) is 28.7 Å². The second kappa shape index (κ2) is 8.67. The third kappa shape index (κ3) is 4.66. The highest BCUT2D eigenvalue weighted by atomic mass is 15.3. The van der Waals surface area contributed by atoms with Crippen molar-refractivity contribution in [3.63, 3.8) is 0 Å². The lowest BCUT2D eigenvalue weighted by atomic mass is 10.1. The first-order chi connectivity index (χ1) is 13.7. The lowest BCUT2D eigenvalue weighted by Gasteiger charge is -2.21. The quantitative estimate of drug-likeness (QED) is 0.683. The first kappa shape index (κ1) is 18.8. The normalized spacial score (nSPS) is 16.2. The monoisotopic (exact) mass is 375 g/mol. The number of rotatable bonds is 5. The van der Waals surface area contributed by atoms with E-state index in [9.17, 15) is 0 Å². The summed E-state index contributed by atoms with van der Waals surface area (Å²) in [5.41, 5.74) is 6.32.